The van der Waals surface area contributed by atoms with Gasteiger partial charge in [0, 0.05) is 45.8 Å². The van der Waals surface area contributed by atoms with Gasteiger partial charge in [0.1, 0.15) is 6.33 Å². The van der Waals surface area contributed by atoms with E-state index in [9.17, 15) is 4.79 Å². The third-order valence-electron chi connectivity index (χ3n) is 4.29. The first kappa shape index (κ1) is 20.1. The number of carbonyl (C=O) groups excluding carboxylic acids is 1. The highest BCUT2D eigenvalue weighted by Crippen LogP contribution is 2.09. The van der Waals surface area contributed by atoms with Gasteiger partial charge in [0.25, 0.3) is 0 Å². The van der Waals surface area contributed by atoms with Crippen LogP contribution in [0.3, 0.4) is 0 Å². The van der Waals surface area contributed by atoms with Crippen molar-refractivity contribution in [3.63, 3.8) is 0 Å². The van der Waals surface area contributed by atoms with Gasteiger partial charge in [0.05, 0.1) is 6.54 Å². The number of hydrogen-bond acceptors (Lipinski definition) is 4. The number of amides is 1. The maximum Gasteiger partial charge on any atom is 0.219 e. The highest BCUT2D eigenvalue weighted by atomic mass is 127. The number of aromatic nitrogens is 3. The summed E-state index contributed by atoms with van der Waals surface area (Å²) in [4.78, 5) is 19.8. The molecule has 26 heavy (non-hydrogen) atoms. The summed E-state index contributed by atoms with van der Waals surface area (Å²) in [5.41, 5.74) is 1.02. The summed E-state index contributed by atoms with van der Waals surface area (Å²) in [5.74, 6) is 1.75. The van der Waals surface area contributed by atoms with Crippen molar-refractivity contribution in [2.45, 2.75) is 13.5 Å². The van der Waals surface area contributed by atoms with E-state index >= 15 is 0 Å². The Morgan fingerprint density at radius 3 is 2.42 bits per heavy atom. The molecule has 0 aliphatic carbocycles. The number of carbonyl (C=O) groups is 1. The van der Waals surface area contributed by atoms with Crippen molar-refractivity contribution >= 4 is 35.8 Å². The second-order valence-electron chi connectivity index (χ2n) is 5.85. The fraction of sp³-hybridized carbons (Fsp3) is 0.412. The Kier molecular flexibility index (Phi) is 7.37. The molecular formula is C17H24IN7O. The number of guanidine groups is 1. The zero-order chi connectivity index (χ0) is 17.6. The predicted molar refractivity (Wildman–Crippen MR) is 111 cm³/mol. The number of para-hydroxylation sites is 1. The first-order valence-corrected chi connectivity index (χ1v) is 8.34. The Bertz CT molecular complexity index is 739. The number of nitrogens with zero attached hydrogens (tertiary/aromatic N) is 6. The quantitative estimate of drug-likeness (QED) is 0.414. The first-order valence-electron chi connectivity index (χ1n) is 8.34. The Morgan fingerprint density at radius 1 is 1.15 bits per heavy atom. The summed E-state index contributed by atoms with van der Waals surface area (Å²) in [6.45, 7) is 5.11. The molecule has 0 bridgehead atoms. The maximum atomic E-state index is 11.4. The summed E-state index contributed by atoms with van der Waals surface area (Å²) in [7, 11) is 1.77. The van der Waals surface area contributed by atoms with Gasteiger partial charge in [-0.2, -0.15) is 0 Å². The smallest absolute Gasteiger partial charge is 0.219 e. The van der Waals surface area contributed by atoms with Crippen molar-refractivity contribution in [2.75, 3.05) is 33.2 Å². The van der Waals surface area contributed by atoms with Crippen LogP contribution in [0.15, 0.2) is 41.7 Å². The molecule has 1 aromatic carbocycles. The molecule has 2 heterocycles. The Balaban J connectivity index is 0.00000243. The average Bonchev–Trinajstić information content (AvgIpc) is 3.12. The molecule has 1 fully saturated rings. The largest absolute Gasteiger partial charge is 0.349 e. The Labute approximate surface area is 170 Å². The Hall–Kier alpha value is -2.17. The van der Waals surface area contributed by atoms with Crippen molar-refractivity contribution in [2.24, 2.45) is 4.99 Å². The van der Waals surface area contributed by atoms with Crippen LogP contribution in [0.1, 0.15) is 12.7 Å². The third-order valence-corrected chi connectivity index (χ3v) is 4.29. The van der Waals surface area contributed by atoms with Gasteiger partial charge in [0.2, 0.25) is 5.91 Å². The van der Waals surface area contributed by atoms with Gasteiger partial charge in [0.15, 0.2) is 11.8 Å². The molecule has 0 saturated carbocycles. The summed E-state index contributed by atoms with van der Waals surface area (Å²) in [6.07, 6.45) is 1.71. The van der Waals surface area contributed by atoms with Crippen molar-refractivity contribution in [1.82, 2.24) is 29.9 Å². The van der Waals surface area contributed by atoms with Crippen LogP contribution in [0.2, 0.25) is 0 Å². The third kappa shape index (κ3) is 4.71. The normalized spacial score (nSPS) is 14.8. The molecule has 3 rings (SSSR count). The number of nitrogens with one attached hydrogen (secondary N) is 1. The Morgan fingerprint density at radius 2 is 1.81 bits per heavy atom. The van der Waals surface area contributed by atoms with Gasteiger partial charge in [-0.3, -0.25) is 14.4 Å². The molecule has 0 unspecified atom stereocenters. The highest BCUT2D eigenvalue weighted by Gasteiger charge is 2.21. The molecule has 8 nitrogen and oxygen atoms in total. The van der Waals surface area contributed by atoms with Gasteiger partial charge < -0.3 is 15.1 Å². The lowest BCUT2D eigenvalue weighted by Crippen LogP contribution is -2.53. The minimum Gasteiger partial charge on any atom is -0.349 e. The van der Waals surface area contributed by atoms with Crippen LogP contribution in [0.25, 0.3) is 5.69 Å². The lowest BCUT2D eigenvalue weighted by atomic mass is 10.3. The van der Waals surface area contributed by atoms with Crippen molar-refractivity contribution in [3.05, 3.63) is 42.5 Å². The van der Waals surface area contributed by atoms with Crippen LogP contribution in [0.4, 0.5) is 0 Å². The molecule has 1 aliphatic rings. The number of aliphatic imine (C=N–C) groups is 1. The van der Waals surface area contributed by atoms with E-state index < -0.39 is 0 Å². The van der Waals surface area contributed by atoms with Crippen molar-refractivity contribution in [1.29, 1.82) is 0 Å². The summed E-state index contributed by atoms with van der Waals surface area (Å²) in [6, 6.07) is 9.99. The average molecular weight is 469 g/mol. The molecule has 0 atom stereocenters. The minimum absolute atomic E-state index is 0. The molecule has 0 radical (unpaired) electrons. The molecule has 0 spiro atoms. The molecule has 1 N–H and O–H groups in total. The van der Waals surface area contributed by atoms with E-state index in [-0.39, 0.29) is 29.9 Å². The molecule has 9 heteroatoms. The van der Waals surface area contributed by atoms with E-state index in [0.717, 1.165) is 43.7 Å². The van der Waals surface area contributed by atoms with E-state index in [2.05, 4.69) is 25.4 Å². The molecule has 1 amide bonds. The van der Waals surface area contributed by atoms with E-state index in [1.165, 1.54) is 0 Å². The van der Waals surface area contributed by atoms with Crippen LogP contribution >= 0.6 is 24.0 Å². The lowest BCUT2D eigenvalue weighted by Gasteiger charge is -2.36. The lowest BCUT2D eigenvalue weighted by molar-refractivity contribution is -0.130. The zero-order valence-corrected chi connectivity index (χ0v) is 17.3. The highest BCUT2D eigenvalue weighted by molar-refractivity contribution is 14.0. The maximum absolute atomic E-state index is 11.4. The second kappa shape index (κ2) is 9.51. The first-order chi connectivity index (χ1) is 12.2. The monoisotopic (exact) mass is 469 g/mol. The van der Waals surface area contributed by atoms with E-state index in [1.807, 2.05) is 39.8 Å². The molecule has 1 aromatic heterocycles. The van der Waals surface area contributed by atoms with Crippen LogP contribution in [-0.2, 0) is 11.3 Å². The molecular weight excluding hydrogens is 445 g/mol. The number of hydrogen-bond donors (Lipinski definition) is 1. The molecule has 1 saturated heterocycles. The second-order valence-corrected chi connectivity index (χ2v) is 5.85. The van der Waals surface area contributed by atoms with Gasteiger partial charge >= 0.3 is 0 Å². The van der Waals surface area contributed by atoms with Crippen LogP contribution in [0.5, 0.6) is 0 Å². The van der Waals surface area contributed by atoms with Crippen molar-refractivity contribution < 1.29 is 4.79 Å². The van der Waals surface area contributed by atoms with E-state index in [4.69, 9.17) is 0 Å². The van der Waals surface area contributed by atoms with Crippen LogP contribution in [-0.4, -0.2) is 69.7 Å². The molecule has 2 aromatic rings. The number of rotatable bonds is 3. The topological polar surface area (TPSA) is 78.7 Å². The fourth-order valence-corrected chi connectivity index (χ4v) is 2.91. The summed E-state index contributed by atoms with van der Waals surface area (Å²) in [5, 5.41) is 11.6. The van der Waals surface area contributed by atoms with E-state index in [0.29, 0.717) is 6.54 Å². The van der Waals surface area contributed by atoms with Crippen LogP contribution in [0, 0.1) is 0 Å². The van der Waals surface area contributed by atoms with Gasteiger partial charge in [-0.1, -0.05) is 18.2 Å². The standard InChI is InChI=1S/C17H23N7O.HI/c1-14(25)22-8-10-23(11-9-22)17(18-2)19-12-16-21-20-13-24(16)15-6-4-3-5-7-15;/h3-7,13H,8-12H2,1-2H3,(H,18,19);1H. The van der Waals surface area contributed by atoms with Gasteiger partial charge in [-0.25, -0.2) is 0 Å². The molecule has 1 aliphatic heterocycles. The fourth-order valence-electron chi connectivity index (χ4n) is 2.91. The summed E-state index contributed by atoms with van der Waals surface area (Å²) < 4.78 is 1.95. The molecule has 140 valence electrons. The van der Waals surface area contributed by atoms with Crippen molar-refractivity contribution in [3.8, 4) is 5.69 Å². The zero-order valence-electron chi connectivity index (χ0n) is 15.0. The van der Waals surface area contributed by atoms with Crippen LogP contribution < -0.4 is 5.32 Å². The van der Waals surface area contributed by atoms with Gasteiger partial charge in [-0.05, 0) is 12.1 Å². The predicted octanol–water partition coefficient (Wildman–Crippen LogP) is 1.12. The summed E-state index contributed by atoms with van der Waals surface area (Å²) >= 11 is 0. The number of halogens is 1. The minimum atomic E-state index is 0. The SMILES string of the molecule is CN=C(NCc1nncn1-c1ccccc1)N1CCN(C(C)=O)CC1.I. The number of piperazine rings is 1. The number of benzene rings is 1. The van der Waals surface area contributed by atoms with Gasteiger partial charge in [-0.15, -0.1) is 34.2 Å². The van der Waals surface area contributed by atoms with E-state index in [1.54, 1.807) is 20.3 Å².